The summed E-state index contributed by atoms with van der Waals surface area (Å²) in [5, 5.41) is 14.7. The van der Waals surface area contributed by atoms with Crippen LogP contribution in [0.15, 0.2) is 12.2 Å². The van der Waals surface area contributed by atoms with Gasteiger partial charge >= 0.3 is 0 Å². The average Bonchev–Trinajstić information content (AvgIpc) is 2.85. The van der Waals surface area contributed by atoms with E-state index in [9.17, 15) is 14.4 Å². The molecule has 0 spiro atoms. The number of likely N-dealkylation sites (tertiary alicyclic amines) is 1. The highest BCUT2D eigenvalue weighted by atomic mass is 16.3. The molecule has 3 amide bonds. The highest BCUT2D eigenvalue weighted by Gasteiger charge is 2.56. The predicted molar refractivity (Wildman–Crippen MR) is 103 cm³/mol. The summed E-state index contributed by atoms with van der Waals surface area (Å²) in [5.74, 6) is -1.91. The maximum absolute atomic E-state index is 13.3. The first-order chi connectivity index (χ1) is 12.6. The third-order valence-electron chi connectivity index (χ3n) is 5.40. The summed E-state index contributed by atoms with van der Waals surface area (Å²) in [7, 11) is 1.57. The monoisotopic (exact) mass is 379 g/mol. The number of nitrogens with one attached hydrogen (secondary N) is 2. The van der Waals surface area contributed by atoms with Crippen LogP contribution >= 0.6 is 0 Å². The molecule has 0 saturated carbocycles. The van der Waals surface area contributed by atoms with E-state index in [1.807, 2.05) is 39.8 Å². The second-order valence-corrected chi connectivity index (χ2v) is 8.63. The summed E-state index contributed by atoms with van der Waals surface area (Å²) >= 11 is 0. The van der Waals surface area contributed by atoms with Crippen LogP contribution in [-0.2, 0) is 14.4 Å². The molecule has 1 aliphatic carbocycles. The summed E-state index contributed by atoms with van der Waals surface area (Å²) in [6, 6.07) is -0.628. The average molecular weight is 380 g/mol. The normalized spacial score (nSPS) is 30.2. The molecule has 0 radical (unpaired) electrons. The lowest BCUT2D eigenvalue weighted by Crippen LogP contribution is -2.52. The molecular weight excluding hydrogens is 346 g/mol. The molecule has 0 unspecified atom stereocenters. The third-order valence-corrected chi connectivity index (χ3v) is 5.40. The highest BCUT2D eigenvalue weighted by molar-refractivity contribution is 5.96. The Hall–Kier alpha value is -1.89. The maximum Gasteiger partial charge on any atom is 0.243 e. The Morgan fingerprint density at radius 3 is 2.41 bits per heavy atom. The van der Waals surface area contributed by atoms with E-state index in [0.717, 1.165) is 0 Å². The fourth-order valence-corrected chi connectivity index (χ4v) is 4.24. The van der Waals surface area contributed by atoms with Crippen molar-refractivity contribution in [1.82, 2.24) is 15.5 Å². The van der Waals surface area contributed by atoms with Gasteiger partial charge in [0.05, 0.1) is 11.8 Å². The molecule has 1 aliphatic heterocycles. The number of fused-ring (bicyclic) bond motifs is 1. The van der Waals surface area contributed by atoms with Crippen molar-refractivity contribution in [2.75, 3.05) is 20.2 Å². The van der Waals surface area contributed by atoms with Gasteiger partial charge in [-0.25, -0.2) is 0 Å². The molecule has 2 rings (SSSR count). The van der Waals surface area contributed by atoms with Gasteiger partial charge in [0.1, 0.15) is 6.04 Å². The van der Waals surface area contributed by atoms with E-state index in [-0.39, 0.29) is 36.2 Å². The Morgan fingerprint density at radius 2 is 1.85 bits per heavy atom. The summed E-state index contributed by atoms with van der Waals surface area (Å²) in [5.41, 5.74) is -0.416. The molecule has 1 fully saturated rings. The van der Waals surface area contributed by atoms with Crippen LogP contribution in [0.4, 0.5) is 0 Å². The molecule has 27 heavy (non-hydrogen) atoms. The van der Waals surface area contributed by atoms with Crippen LogP contribution in [0, 0.1) is 23.7 Å². The fraction of sp³-hybridized carbons (Fsp3) is 0.750. The minimum absolute atomic E-state index is 0.0472. The van der Waals surface area contributed by atoms with Crippen molar-refractivity contribution in [1.29, 1.82) is 0 Å². The number of allylic oxidation sites excluding steroid dienone is 1. The van der Waals surface area contributed by atoms with Gasteiger partial charge in [-0.15, -0.1) is 0 Å². The van der Waals surface area contributed by atoms with Crippen LogP contribution in [0.2, 0.25) is 0 Å². The minimum atomic E-state index is -0.628. The number of aliphatic hydroxyl groups excluding tert-OH is 1. The number of rotatable bonds is 6. The summed E-state index contributed by atoms with van der Waals surface area (Å²) < 4.78 is 0. The lowest BCUT2D eigenvalue weighted by atomic mass is 9.70. The van der Waals surface area contributed by atoms with Gasteiger partial charge in [0.15, 0.2) is 0 Å². The number of carbonyl (C=O) groups is 3. The summed E-state index contributed by atoms with van der Waals surface area (Å²) in [4.78, 5) is 40.4. The Morgan fingerprint density at radius 1 is 1.19 bits per heavy atom. The molecule has 152 valence electrons. The Labute approximate surface area is 161 Å². The van der Waals surface area contributed by atoms with Crippen molar-refractivity contribution in [3.05, 3.63) is 12.2 Å². The first kappa shape index (κ1) is 21.4. The van der Waals surface area contributed by atoms with E-state index in [0.29, 0.717) is 19.4 Å². The van der Waals surface area contributed by atoms with Gasteiger partial charge in [0.25, 0.3) is 0 Å². The van der Waals surface area contributed by atoms with Crippen molar-refractivity contribution in [2.45, 2.75) is 52.1 Å². The molecule has 7 nitrogen and oxygen atoms in total. The molecule has 7 heteroatoms. The number of carbonyl (C=O) groups excluding carboxylic acids is 3. The zero-order chi connectivity index (χ0) is 20.4. The topological polar surface area (TPSA) is 98.7 Å². The first-order valence-corrected chi connectivity index (χ1v) is 9.75. The largest absolute Gasteiger partial charge is 0.396 e. The van der Waals surface area contributed by atoms with Crippen LogP contribution in [0.5, 0.6) is 0 Å². The standard InChI is InChI=1S/C20H33N3O4/c1-12-8-9-13-15(14(12)17(25)21-5)19(27)23(10-6-7-11-24)16(13)18(26)22-20(2,3)4/h8-9,12-16,24H,6-7,10-11H2,1-5H3,(H,21,25)(H,22,26)/t12-,13+,14-,15-,16+/m1/s1. The minimum Gasteiger partial charge on any atom is -0.396 e. The lowest BCUT2D eigenvalue weighted by molar-refractivity contribution is -0.140. The van der Waals surface area contributed by atoms with Gasteiger partial charge in [-0.3, -0.25) is 14.4 Å². The van der Waals surface area contributed by atoms with Crippen LogP contribution < -0.4 is 10.6 Å². The maximum atomic E-state index is 13.3. The summed E-state index contributed by atoms with van der Waals surface area (Å²) in [6.45, 7) is 8.09. The number of amides is 3. The molecule has 0 aromatic rings. The SMILES string of the molecule is CNC(=O)[C@H]1[C@@H]2C(=O)N(CCCCO)[C@H](C(=O)NC(C)(C)C)[C@H]2C=C[C@H]1C. The van der Waals surface area contributed by atoms with E-state index >= 15 is 0 Å². The third kappa shape index (κ3) is 4.51. The van der Waals surface area contributed by atoms with Gasteiger partial charge in [0, 0.05) is 31.7 Å². The second kappa shape index (κ2) is 8.42. The zero-order valence-corrected chi connectivity index (χ0v) is 17.0. The van der Waals surface area contributed by atoms with Gasteiger partial charge in [-0.2, -0.15) is 0 Å². The second-order valence-electron chi connectivity index (χ2n) is 8.63. The molecule has 1 heterocycles. The zero-order valence-electron chi connectivity index (χ0n) is 17.0. The van der Waals surface area contributed by atoms with Crippen molar-refractivity contribution in [2.24, 2.45) is 23.7 Å². The molecule has 0 aromatic heterocycles. The van der Waals surface area contributed by atoms with Crippen molar-refractivity contribution < 1.29 is 19.5 Å². The van der Waals surface area contributed by atoms with Crippen LogP contribution in [-0.4, -0.2) is 59.5 Å². The summed E-state index contributed by atoms with van der Waals surface area (Å²) in [6.07, 6.45) is 5.07. The molecule has 0 bridgehead atoms. The van der Waals surface area contributed by atoms with Crippen LogP contribution in [0.25, 0.3) is 0 Å². The fourth-order valence-electron chi connectivity index (χ4n) is 4.24. The number of nitrogens with zero attached hydrogens (tertiary/aromatic N) is 1. The number of hydrogen-bond donors (Lipinski definition) is 3. The van der Waals surface area contributed by atoms with E-state index in [1.165, 1.54) is 0 Å². The van der Waals surface area contributed by atoms with Crippen LogP contribution in [0.1, 0.15) is 40.5 Å². The first-order valence-electron chi connectivity index (χ1n) is 9.75. The van der Waals surface area contributed by atoms with Gasteiger partial charge in [-0.1, -0.05) is 19.1 Å². The van der Waals surface area contributed by atoms with E-state index in [2.05, 4.69) is 10.6 Å². The lowest BCUT2D eigenvalue weighted by Gasteiger charge is -2.33. The van der Waals surface area contributed by atoms with Gasteiger partial charge in [0.2, 0.25) is 17.7 Å². The number of hydrogen-bond acceptors (Lipinski definition) is 4. The molecule has 1 saturated heterocycles. The molecule has 0 aromatic carbocycles. The van der Waals surface area contributed by atoms with E-state index < -0.39 is 23.4 Å². The van der Waals surface area contributed by atoms with E-state index in [1.54, 1.807) is 11.9 Å². The predicted octanol–water partition coefficient (Wildman–Crippen LogP) is 0.685. The van der Waals surface area contributed by atoms with Crippen molar-refractivity contribution >= 4 is 17.7 Å². The molecule has 5 atom stereocenters. The highest BCUT2D eigenvalue weighted by Crippen LogP contribution is 2.44. The Kier molecular flexibility index (Phi) is 6.68. The van der Waals surface area contributed by atoms with Crippen molar-refractivity contribution in [3.63, 3.8) is 0 Å². The van der Waals surface area contributed by atoms with Gasteiger partial charge < -0.3 is 20.6 Å². The molecule has 3 N–H and O–H groups in total. The quantitative estimate of drug-likeness (QED) is 0.467. The van der Waals surface area contributed by atoms with Gasteiger partial charge in [-0.05, 0) is 39.5 Å². The smallest absolute Gasteiger partial charge is 0.243 e. The number of aliphatic hydroxyl groups is 1. The Balaban J connectivity index is 2.38. The molecular formula is C20H33N3O4. The van der Waals surface area contributed by atoms with Crippen LogP contribution in [0.3, 0.4) is 0 Å². The Bertz CT molecular complexity index is 611. The molecule has 2 aliphatic rings. The van der Waals surface area contributed by atoms with E-state index in [4.69, 9.17) is 5.11 Å². The van der Waals surface area contributed by atoms with Crippen molar-refractivity contribution in [3.8, 4) is 0 Å². The number of unbranched alkanes of at least 4 members (excludes halogenated alkanes) is 1.